The molecule has 2 aromatic carbocycles. The second-order valence-electron chi connectivity index (χ2n) is 8.11. The molecule has 3 aromatic rings. The van der Waals surface area contributed by atoms with Crippen molar-refractivity contribution in [1.82, 2.24) is 14.9 Å². The van der Waals surface area contributed by atoms with E-state index in [2.05, 4.69) is 31.1 Å². The molecule has 0 spiro atoms. The van der Waals surface area contributed by atoms with E-state index in [9.17, 15) is 14.4 Å². The zero-order valence-corrected chi connectivity index (χ0v) is 17.7. The smallest absolute Gasteiger partial charge is 0.316 e. The number of hydrogen-bond acceptors (Lipinski definition) is 4. The van der Waals surface area contributed by atoms with Crippen molar-refractivity contribution in [3.63, 3.8) is 0 Å². The number of nitrogens with zero attached hydrogens (tertiary/aromatic N) is 1. The zero-order valence-electron chi connectivity index (χ0n) is 17.7. The van der Waals surface area contributed by atoms with Gasteiger partial charge in [-0.1, -0.05) is 32.9 Å². The highest BCUT2D eigenvalue weighted by atomic mass is 16.5. The lowest BCUT2D eigenvalue weighted by Crippen LogP contribution is -2.36. The van der Waals surface area contributed by atoms with Gasteiger partial charge in [-0.15, -0.1) is 0 Å². The van der Waals surface area contributed by atoms with Crippen molar-refractivity contribution in [2.75, 3.05) is 13.2 Å². The molecule has 1 aromatic heterocycles. The minimum atomic E-state index is -0.701. The van der Waals surface area contributed by atoms with Gasteiger partial charge in [0.15, 0.2) is 0 Å². The fourth-order valence-electron chi connectivity index (χ4n) is 3.22. The highest BCUT2D eigenvalue weighted by molar-refractivity contribution is 5.97. The summed E-state index contributed by atoms with van der Waals surface area (Å²) in [5.74, 6) is 0.469. The summed E-state index contributed by atoms with van der Waals surface area (Å²) in [6.07, 6.45) is 0. The number of H-pyrrole nitrogens is 1. The Morgan fingerprint density at radius 2 is 1.80 bits per heavy atom. The van der Waals surface area contributed by atoms with Gasteiger partial charge in [0.25, 0.3) is 5.91 Å². The molecule has 1 amide bonds. The SMILES string of the molecule is CCn1c(=O)c(=O)[nH]c2cc(C(=O)NCCOc3ccc(C(C)(C)C)cc3)ccc21. The van der Waals surface area contributed by atoms with E-state index in [1.165, 1.54) is 10.1 Å². The van der Waals surface area contributed by atoms with Gasteiger partial charge >= 0.3 is 11.1 Å². The second-order valence-corrected chi connectivity index (χ2v) is 8.11. The lowest BCUT2D eigenvalue weighted by molar-refractivity contribution is 0.0947. The van der Waals surface area contributed by atoms with E-state index in [1.807, 2.05) is 24.3 Å². The minimum Gasteiger partial charge on any atom is -0.492 e. The monoisotopic (exact) mass is 409 g/mol. The van der Waals surface area contributed by atoms with E-state index in [0.29, 0.717) is 36.3 Å². The van der Waals surface area contributed by atoms with Crippen LogP contribution in [0.4, 0.5) is 0 Å². The van der Waals surface area contributed by atoms with Crippen LogP contribution in [0, 0.1) is 0 Å². The summed E-state index contributed by atoms with van der Waals surface area (Å²) in [6.45, 7) is 9.30. The number of hydrogen-bond donors (Lipinski definition) is 2. The Balaban J connectivity index is 1.61. The summed E-state index contributed by atoms with van der Waals surface area (Å²) >= 11 is 0. The third kappa shape index (κ3) is 4.62. The second kappa shape index (κ2) is 8.57. The number of fused-ring (bicyclic) bond motifs is 1. The molecule has 158 valence electrons. The molecule has 1 heterocycles. The van der Waals surface area contributed by atoms with Gasteiger partial charge in [-0.05, 0) is 48.2 Å². The third-order valence-corrected chi connectivity index (χ3v) is 4.93. The number of aromatic nitrogens is 2. The summed E-state index contributed by atoms with van der Waals surface area (Å²) in [4.78, 5) is 38.7. The summed E-state index contributed by atoms with van der Waals surface area (Å²) in [6, 6.07) is 12.8. The maximum atomic E-state index is 12.4. The Labute approximate surface area is 174 Å². The van der Waals surface area contributed by atoms with Gasteiger partial charge in [-0.25, -0.2) is 0 Å². The third-order valence-electron chi connectivity index (χ3n) is 4.93. The summed E-state index contributed by atoms with van der Waals surface area (Å²) in [7, 11) is 0. The Hall–Kier alpha value is -3.35. The maximum Gasteiger partial charge on any atom is 0.316 e. The molecule has 7 nitrogen and oxygen atoms in total. The molecule has 0 aliphatic carbocycles. The lowest BCUT2D eigenvalue weighted by Gasteiger charge is -2.19. The van der Waals surface area contributed by atoms with Crippen molar-refractivity contribution in [2.45, 2.75) is 39.7 Å². The van der Waals surface area contributed by atoms with E-state index in [4.69, 9.17) is 4.74 Å². The number of ether oxygens (including phenoxy) is 1. The maximum absolute atomic E-state index is 12.4. The standard InChI is InChI=1S/C23H27N3O4/c1-5-26-19-11-6-15(14-18(19)25-21(28)22(26)29)20(27)24-12-13-30-17-9-7-16(8-10-17)23(2,3)4/h6-11,14H,5,12-13H2,1-4H3,(H,24,27)(H,25,28). The van der Waals surface area contributed by atoms with E-state index in [1.54, 1.807) is 25.1 Å². The van der Waals surface area contributed by atoms with Crippen LogP contribution in [0.25, 0.3) is 11.0 Å². The van der Waals surface area contributed by atoms with Gasteiger partial charge in [-0.2, -0.15) is 0 Å². The highest BCUT2D eigenvalue weighted by Gasteiger charge is 2.13. The van der Waals surface area contributed by atoms with Crippen molar-refractivity contribution < 1.29 is 9.53 Å². The fraction of sp³-hybridized carbons (Fsp3) is 0.348. The number of aryl methyl sites for hydroxylation is 1. The molecular formula is C23H27N3O4. The number of aromatic amines is 1. The van der Waals surface area contributed by atoms with Gasteiger partial charge < -0.3 is 19.6 Å². The van der Waals surface area contributed by atoms with Crippen molar-refractivity contribution in [2.24, 2.45) is 0 Å². The predicted octanol–water partition coefficient (Wildman–Crippen LogP) is 2.82. The molecule has 0 bridgehead atoms. The topological polar surface area (TPSA) is 93.2 Å². The van der Waals surface area contributed by atoms with Crippen molar-refractivity contribution in [1.29, 1.82) is 0 Å². The number of benzene rings is 2. The molecule has 3 rings (SSSR count). The zero-order chi connectivity index (χ0) is 21.9. The van der Waals surface area contributed by atoms with Crippen LogP contribution in [0.5, 0.6) is 5.75 Å². The van der Waals surface area contributed by atoms with Crippen LogP contribution >= 0.6 is 0 Å². The normalized spacial score (nSPS) is 11.5. The van der Waals surface area contributed by atoms with Crippen LogP contribution in [0.2, 0.25) is 0 Å². The molecule has 0 atom stereocenters. The number of rotatable bonds is 6. The van der Waals surface area contributed by atoms with Crippen LogP contribution in [0.3, 0.4) is 0 Å². The number of nitrogens with one attached hydrogen (secondary N) is 2. The molecule has 2 N–H and O–H groups in total. The molecule has 0 saturated carbocycles. The van der Waals surface area contributed by atoms with Crippen LogP contribution < -0.4 is 21.2 Å². The molecule has 30 heavy (non-hydrogen) atoms. The Morgan fingerprint density at radius 3 is 2.43 bits per heavy atom. The fourth-order valence-corrected chi connectivity index (χ4v) is 3.22. The first kappa shape index (κ1) is 21.4. The average Bonchev–Trinajstić information content (AvgIpc) is 2.71. The summed E-state index contributed by atoms with van der Waals surface area (Å²) < 4.78 is 7.07. The number of carbonyl (C=O) groups excluding carboxylic acids is 1. The summed E-state index contributed by atoms with van der Waals surface area (Å²) in [5.41, 5.74) is 1.44. The molecular weight excluding hydrogens is 382 g/mol. The largest absolute Gasteiger partial charge is 0.492 e. The Kier molecular flexibility index (Phi) is 6.10. The molecule has 0 aliphatic rings. The van der Waals surface area contributed by atoms with Crippen molar-refractivity contribution >= 4 is 16.9 Å². The predicted molar refractivity (Wildman–Crippen MR) is 117 cm³/mol. The Morgan fingerprint density at radius 1 is 1.10 bits per heavy atom. The van der Waals surface area contributed by atoms with Crippen molar-refractivity contribution in [3.05, 3.63) is 74.3 Å². The van der Waals surface area contributed by atoms with Crippen LogP contribution in [-0.2, 0) is 12.0 Å². The number of amides is 1. The first-order valence-corrected chi connectivity index (χ1v) is 9.99. The van der Waals surface area contributed by atoms with Crippen molar-refractivity contribution in [3.8, 4) is 5.75 Å². The molecule has 0 saturated heterocycles. The van der Waals surface area contributed by atoms with E-state index < -0.39 is 11.1 Å². The molecule has 0 aliphatic heterocycles. The molecule has 7 heteroatoms. The summed E-state index contributed by atoms with van der Waals surface area (Å²) in [5, 5.41) is 2.80. The molecule has 0 unspecified atom stereocenters. The van der Waals surface area contributed by atoms with Gasteiger partial charge in [0, 0.05) is 12.1 Å². The van der Waals surface area contributed by atoms with Crippen LogP contribution in [0.15, 0.2) is 52.1 Å². The Bertz CT molecular complexity index is 1170. The van der Waals surface area contributed by atoms with E-state index >= 15 is 0 Å². The lowest BCUT2D eigenvalue weighted by atomic mass is 9.87. The molecule has 0 radical (unpaired) electrons. The van der Waals surface area contributed by atoms with Gasteiger partial charge in [-0.3, -0.25) is 14.4 Å². The van der Waals surface area contributed by atoms with Gasteiger partial charge in [0.1, 0.15) is 12.4 Å². The first-order chi connectivity index (χ1) is 14.2. The molecule has 0 fully saturated rings. The van der Waals surface area contributed by atoms with Gasteiger partial charge in [0.2, 0.25) is 0 Å². The van der Waals surface area contributed by atoms with Gasteiger partial charge in [0.05, 0.1) is 17.6 Å². The van der Waals surface area contributed by atoms with E-state index in [0.717, 1.165) is 5.75 Å². The minimum absolute atomic E-state index is 0.0856. The quantitative estimate of drug-likeness (QED) is 0.484. The van der Waals surface area contributed by atoms with Crippen LogP contribution in [-0.4, -0.2) is 28.6 Å². The van der Waals surface area contributed by atoms with Crippen LogP contribution in [0.1, 0.15) is 43.6 Å². The highest BCUT2D eigenvalue weighted by Crippen LogP contribution is 2.24. The average molecular weight is 409 g/mol. The number of carbonyl (C=O) groups is 1. The first-order valence-electron chi connectivity index (χ1n) is 9.99. The van der Waals surface area contributed by atoms with E-state index in [-0.39, 0.29) is 11.3 Å².